The Morgan fingerprint density at radius 3 is 2.86 bits per heavy atom. The normalized spacial score (nSPS) is 19.6. The zero-order valence-corrected chi connectivity index (χ0v) is 8.23. The van der Waals surface area contributed by atoms with E-state index < -0.39 is 0 Å². The van der Waals surface area contributed by atoms with Crippen molar-refractivity contribution in [3.8, 4) is 6.07 Å². The van der Waals surface area contributed by atoms with E-state index in [0.717, 1.165) is 5.56 Å². The van der Waals surface area contributed by atoms with Crippen molar-refractivity contribution in [3.63, 3.8) is 0 Å². The van der Waals surface area contributed by atoms with Crippen LogP contribution in [0.1, 0.15) is 24.1 Å². The summed E-state index contributed by atoms with van der Waals surface area (Å²) in [5.74, 6) is 0. The van der Waals surface area contributed by atoms with E-state index in [0.29, 0.717) is 5.71 Å². The second kappa shape index (κ2) is 3.15. The monoisotopic (exact) mass is 185 g/mol. The molecule has 14 heavy (non-hydrogen) atoms. The fourth-order valence-corrected chi connectivity index (χ4v) is 1.66. The summed E-state index contributed by atoms with van der Waals surface area (Å²) in [6, 6.07) is 10.3. The van der Waals surface area contributed by atoms with Gasteiger partial charge in [0, 0.05) is 12.6 Å². The van der Waals surface area contributed by atoms with Gasteiger partial charge in [0.15, 0.2) is 5.71 Å². The summed E-state index contributed by atoms with van der Waals surface area (Å²) >= 11 is 0. The van der Waals surface area contributed by atoms with Gasteiger partial charge in [0.25, 0.3) is 0 Å². The minimum atomic E-state index is 0.239. The van der Waals surface area contributed by atoms with Crippen LogP contribution in [0.4, 0.5) is 0 Å². The van der Waals surface area contributed by atoms with E-state index in [2.05, 4.69) is 18.1 Å². The molecule has 1 aliphatic rings. The third-order valence-electron chi connectivity index (χ3n) is 2.59. The predicted molar refractivity (Wildman–Crippen MR) is 54.8 cm³/mol. The van der Waals surface area contributed by atoms with Crippen LogP contribution in [0, 0.1) is 11.3 Å². The van der Waals surface area contributed by atoms with Crippen LogP contribution in [0.3, 0.4) is 0 Å². The summed E-state index contributed by atoms with van der Waals surface area (Å²) in [5, 5.41) is 15.0. The molecule has 0 N–H and O–H groups in total. The van der Waals surface area contributed by atoms with Crippen LogP contribution in [0.5, 0.6) is 0 Å². The highest BCUT2D eigenvalue weighted by molar-refractivity contribution is 6.12. The van der Waals surface area contributed by atoms with E-state index >= 15 is 0 Å². The van der Waals surface area contributed by atoms with Gasteiger partial charge in [-0.3, -0.25) is 5.01 Å². The molecule has 70 valence electrons. The molecular formula is C11H11N3. The van der Waals surface area contributed by atoms with Gasteiger partial charge in [-0.15, -0.1) is 0 Å². The quantitative estimate of drug-likeness (QED) is 0.619. The molecule has 3 nitrogen and oxygen atoms in total. The van der Waals surface area contributed by atoms with Crippen LogP contribution in [-0.4, -0.2) is 17.8 Å². The zero-order valence-electron chi connectivity index (χ0n) is 8.23. The van der Waals surface area contributed by atoms with Gasteiger partial charge in [-0.05, 0) is 12.5 Å². The van der Waals surface area contributed by atoms with Crippen molar-refractivity contribution in [1.82, 2.24) is 5.01 Å². The van der Waals surface area contributed by atoms with Gasteiger partial charge in [0.05, 0.1) is 6.04 Å². The summed E-state index contributed by atoms with van der Waals surface area (Å²) < 4.78 is 0. The molecule has 0 amide bonds. The van der Waals surface area contributed by atoms with Crippen LogP contribution in [-0.2, 0) is 0 Å². The molecule has 0 bridgehead atoms. The number of hydrazone groups is 1. The Balaban J connectivity index is 2.62. The highest BCUT2D eigenvalue weighted by atomic mass is 15.5. The van der Waals surface area contributed by atoms with Crippen molar-refractivity contribution in [2.24, 2.45) is 5.10 Å². The van der Waals surface area contributed by atoms with Crippen LogP contribution in [0.2, 0.25) is 0 Å². The number of nitrogens with zero attached hydrogens (tertiary/aromatic N) is 3. The summed E-state index contributed by atoms with van der Waals surface area (Å²) in [7, 11) is 1.89. The highest BCUT2D eigenvalue weighted by Crippen LogP contribution is 2.27. The van der Waals surface area contributed by atoms with Gasteiger partial charge < -0.3 is 0 Å². The fraction of sp³-hybridized carbons (Fsp3) is 0.273. The maximum Gasteiger partial charge on any atom is 0.168 e. The van der Waals surface area contributed by atoms with Crippen molar-refractivity contribution in [2.75, 3.05) is 7.05 Å². The first-order chi connectivity index (χ1) is 6.74. The largest absolute Gasteiger partial charge is 0.292 e. The number of benzene rings is 1. The summed E-state index contributed by atoms with van der Waals surface area (Å²) in [5.41, 5.74) is 2.63. The van der Waals surface area contributed by atoms with Gasteiger partial charge in [-0.1, -0.05) is 24.3 Å². The van der Waals surface area contributed by atoms with Crippen molar-refractivity contribution in [2.45, 2.75) is 13.0 Å². The van der Waals surface area contributed by atoms with Crippen molar-refractivity contribution in [1.29, 1.82) is 5.26 Å². The second-order valence-electron chi connectivity index (χ2n) is 3.40. The third kappa shape index (κ3) is 1.16. The van der Waals surface area contributed by atoms with Crippen LogP contribution >= 0.6 is 0 Å². The van der Waals surface area contributed by atoms with E-state index in [4.69, 9.17) is 5.26 Å². The summed E-state index contributed by atoms with van der Waals surface area (Å²) in [6.45, 7) is 2.08. The first kappa shape index (κ1) is 8.76. The van der Waals surface area contributed by atoms with E-state index in [1.54, 1.807) is 0 Å². The minimum Gasteiger partial charge on any atom is -0.292 e. The predicted octanol–water partition coefficient (Wildman–Crippen LogP) is 1.92. The molecule has 1 heterocycles. The molecule has 0 aromatic heterocycles. The second-order valence-corrected chi connectivity index (χ2v) is 3.40. The molecule has 0 saturated carbocycles. The molecule has 0 radical (unpaired) electrons. The van der Waals surface area contributed by atoms with Crippen molar-refractivity contribution < 1.29 is 0 Å². The van der Waals surface area contributed by atoms with E-state index in [1.807, 2.05) is 36.3 Å². The Kier molecular flexibility index (Phi) is 1.97. The minimum absolute atomic E-state index is 0.239. The van der Waals surface area contributed by atoms with Gasteiger partial charge >= 0.3 is 0 Å². The lowest BCUT2D eigenvalue weighted by atomic mass is 9.97. The number of nitriles is 1. The molecule has 1 aromatic carbocycles. The lowest BCUT2D eigenvalue weighted by molar-refractivity contribution is 0.270. The van der Waals surface area contributed by atoms with Gasteiger partial charge in [-0.2, -0.15) is 10.4 Å². The van der Waals surface area contributed by atoms with Gasteiger partial charge in [0.2, 0.25) is 0 Å². The summed E-state index contributed by atoms with van der Waals surface area (Å²) in [6.07, 6.45) is 0. The van der Waals surface area contributed by atoms with Gasteiger partial charge in [-0.25, -0.2) is 0 Å². The van der Waals surface area contributed by atoms with Crippen LogP contribution < -0.4 is 0 Å². The molecule has 0 spiro atoms. The topological polar surface area (TPSA) is 39.4 Å². The Morgan fingerprint density at radius 1 is 1.43 bits per heavy atom. The number of rotatable bonds is 0. The Bertz CT molecular complexity index is 428. The first-order valence-corrected chi connectivity index (χ1v) is 4.55. The molecule has 3 heteroatoms. The maximum absolute atomic E-state index is 8.93. The molecule has 0 fully saturated rings. The molecule has 0 saturated heterocycles. The molecule has 1 atom stereocenters. The van der Waals surface area contributed by atoms with Crippen LogP contribution in [0.25, 0.3) is 0 Å². The van der Waals surface area contributed by atoms with E-state index in [1.165, 1.54) is 5.56 Å². The standard InChI is InChI=1S/C11H11N3/c1-8-9-5-3-4-6-10(9)11(7-12)13-14(8)2/h3-6,8H,1-2H3. The lowest BCUT2D eigenvalue weighted by Crippen LogP contribution is -2.25. The molecular weight excluding hydrogens is 174 g/mol. The van der Waals surface area contributed by atoms with E-state index in [9.17, 15) is 0 Å². The zero-order chi connectivity index (χ0) is 10.1. The number of hydrogen-bond acceptors (Lipinski definition) is 3. The highest BCUT2D eigenvalue weighted by Gasteiger charge is 2.22. The summed E-state index contributed by atoms with van der Waals surface area (Å²) in [4.78, 5) is 0. The van der Waals surface area contributed by atoms with Crippen LogP contribution in [0.15, 0.2) is 29.4 Å². The first-order valence-electron chi connectivity index (χ1n) is 4.55. The molecule has 1 aromatic rings. The Hall–Kier alpha value is -1.82. The molecule has 2 rings (SSSR count). The van der Waals surface area contributed by atoms with Crippen molar-refractivity contribution in [3.05, 3.63) is 35.4 Å². The van der Waals surface area contributed by atoms with Gasteiger partial charge in [0.1, 0.15) is 6.07 Å². The maximum atomic E-state index is 8.93. The third-order valence-corrected chi connectivity index (χ3v) is 2.59. The lowest BCUT2D eigenvalue weighted by Gasteiger charge is -2.28. The smallest absolute Gasteiger partial charge is 0.168 e. The molecule has 0 aliphatic carbocycles. The van der Waals surface area contributed by atoms with E-state index in [-0.39, 0.29) is 6.04 Å². The Labute approximate surface area is 83.3 Å². The SMILES string of the molecule is CC1c2ccccc2C(C#N)=NN1C. The fourth-order valence-electron chi connectivity index (χ4n) is 1.66. The number of hydrogen-bond donors (Lipinski definition) is 0. The Morgan fingerprint density at radius 2 is 2.14 bits per heavy atom. The molecule has 1 aliphatic heterocycles. The van der Waals surface area contributed by atoms with Crippen molar-refractivity contribution >= 4 is 5.71 Å². The molecule has 1 unspecified atom stereocenters. The average molecular weight is 185 g/mol. The number of fused-ring (bicyclic) bond motifs is 1. The average Bonchev–Trinajstić information content (AvgIpc) is 2.23.